The molecule has 0 radical (unpaired) electrons. The van der Waals surface area contributed by atoms with E-state index in [-0.39, 0.29) is 5.82 Å². The van der Waals surface area contributed by atoms with Gasteiger partial charge in [0.1, 0.15) is 5.82 Å². The van der Waals surface area contributed by atoms with Crippen LogP contribution in [0.4, 0.5) is 4.39 Å². The second-order valence-electron chi connectivity index (χ2n) is 8.45. The first-order valence-corrected chi connectivity index (χ1v) is 9.88. The quantitative estimate of drug-likeness (QED) is 0.560. The van der Waals surface area contributed by atoms with Crippen molar-refractivity contribution in [3.8, 4) is 0 Å². The minimum absolute atomic E-state index is 0.0183. The van der Waals surface area contributed by atoms with Gasteiger partial charge in [-0.25, -0.2) is 4.39 Å². The van der Waals surface area contributed by atoms with Crippen molar-refractivity contribution in [2.24, 2.45) is 17.8 Å². The predicted octanol–water partition coefficient (Wildman–Crippen LogP) is 7.01. The summed E-state index contributed by atoms with van der Waals surface area (Å²) in [6, 6.07) is 5.79. The van der Waals surface area contributed by atoms with Crippen molar-refractivity contribution in [2.75, 3.05) is 0 Å². The molecule has 1 aromatic carbocycles. The summed E-state index contributed by atoms with van der Waals surface area (Å²) in [6.45, 7) is 4.37. The van der Waals surface area contributed by atoms with Crippen molar-refractivity contribution in [3.05, 3.63) is 35.1 Å². The Labute approximate surface area is 141 Å². The van der Waals surface area contributed by atoms with Gasteiger partial charge in [-0.15, -0.1) is 0 Å². The van der Waals surface area contributed by atoms with E-state index < -0.39 is 0 Å². The lowest BCUT2D eigenvalue weighted by molar-refractivity contribution is 0.237. The Morgan fingerprint density at radius 1 is 0.870 bits per heavy atom. The van der Waals surface area contributed by atoms with Crippen molar-refractivity contribution < 1.29 is 4.39 Å². The van der Waals surface area contributed by atoms with Crippen LogP contribution in [0.15, 0.2) is 18.2 Å². The fourth-order valence-corrected chi connectivity index (χ4v) is 4.81. The molecule has 3 rings (SSSR count). The van der Waals surface area contributed by atoms with Crippen molar-refractivity contribution in [2.45, 2.75) is 84.0 Å². The highest BCUT2D eigenvalue weighted by Crippen LogP contribution is 2.40. The van der Waals surface area contributed by atoms with E-state index in [4.69, 9.17) is 0 Å². The predicted molar refractivity (Wildman–Crippen MR) is 96.2 cm³/mol. The first-order chi connectivity index (χ1) is 11.1. The number of hydrogen-bond acceptors (Lipinski definition) is 0. The van der Waals surface area contributed by atoms with Crippen LogP contribution in [0.2, 0.25) is 0 Å². The van der Waals surface area contributed by atoms with Gasteiger partial charge in [-0.05, 0) is 73.5 Å². The minimum atomic E-state index is 0.0183. The highest BCUT2D eigenvalue weighted by atomic mass is 19.1. The SMILES string of the molecule is Cc1ccc(C2CCC(CCC3CCC(C)CC3)CC2)c(F)c1. The van der Waals surface area contributed by atoms with Crippen LogP contribution < -0.4 is 0 Å². The normalized spacial score (nSPS) is 32.0. The van der Waals surface area contributed by atoms with Crippen LogP contribution in [-0.2, 0) is 0 Å². The molecule has 0 amide bonds. The fourth-order valence-electron chi connectivity index (χ4n) is 4.81. The molecular formula is C22H33F. The van der Waals surface area contributed by atoms with Crippen LogP contribution in [0.5, 0.6) is 0 Å². The van der Waals surface area contributed by atoms with E-state index >= 15 is 0 Å². The summed E-state index contributed by atoms with van der Waals surface area (Å²) in [5.74, 6) is 3.34. The Hall–Kier alpha value is -0.850. The Bertz CT molecular complexity index is 491. The average Bonchev–Trinajstić information content (AvgIpc) is 2.55. The summed E-state index contributed by atoms with van der Waals surface area (Å²) in [6.07, 6.45) is 13.7. The standard InChI is InChI=1S/C22H33F/c1-16-3-6-18(7-4-16)8-9-19-10-12-20(13-11-19)21-14-5-17(2)15-22(21)23/h5,14-16,18-20H,3-4,6-13H2,1-2H3. The van der Waals surface area contributed by atoms with Gasteiger partial charge >= 0.3 is 0 Å². The average molecular weight is 317 g/mol. The van der Waals surface area contributed by atoms with Crippen molar-refractivity contribution in [1.82, 2.24) is 0 Å². The van der Waals surface area contributed by atoms with Gasteiger partial charge in [0.05, 0.1) is 0 Å². The van der Waals surface area contributed by atoms with Crippen molar-refractivity contribution in [1.29, 1.82) is 0 Å². The molecule has 128 valence electrons. The zero-order valence-electron chi connectivity index (χ0n) is 15.0. The van der Waals surface area contributed by atoms with E-state index in [0.717, 1.165) is 28.9 Å². The zero-order valence-corrected chi connectivity index (χ0v) is 15.0. The van der Waals surface area contributed by atoms with Crippen LogP contribution in [0.3, 0.4) is 0 Å². The number of halogens is 1. The number of benzene rings is 1. The van der Waals surface area contributed by atoms with Gasteiger partial charge in [0.15, 0.2) is 0 Å². The van der Waals surface area contributed by atoms with Gasteiger partial charge in [-0.2, -0.15) is 0 Å². The fraction of sp³-hybridized carbons (Fsp3) is 0.727. The molecule has 0 unspecified atom stereocenters. The third-order valence-corrected chi connectivity index (χ3v) is 6.56. The molecular weight excluding hydrogens is 283 g/mol. The molecule has 2 aliphatic carbocycles. The van der Waals surface area contributed by atoms with E-state index in [1.165, 1.54) is 64.2 Å². The van der Waals surface area contributed by atoms with Gasteiger partial charge in [-0.3, -0.25) is 0 Å². The molecule has 0 nitrogen and oxygen atoms in total. The lowest BCUT2D eigenvalue weighted by Crippen LogP contribution is -2.17. The molecule has 0 atom stereocenters. The third-order valence-electron chi connectivity index (χ3n) is 6.56. The molecule has 1 heteroatoms. The second-order valence-corrected chi connectivity index (χ2v) is 8.45. The molecule has 2 saturated carbocycles. The molecule has 0 aliphatic heterocycles. The van der Waals surface area contributed by atoms with Crippen LogP contribution in [0.25, 0.3) is 0 Å². The molecule has 0 N–H and O–H groups in total. The largest absolute Gasteiger partial charge is 0.207 e. The summed E-state index contributed by atoms with van der Waals surface area (Å²) in [5.41, 5.74) is 2.00. The Kier molecular flexibility index (Phi) is 5.77. The van der Waals surface area contributed by atoms with E-state index in [1.807, 2.05) is 13.0 Å². The Morgan fingerprint density at radius 2 is 1.43 bits per heavy atom. The molecule has 0 saturated heterocycles. The van der Waals surface area contributed by atoms with E-state index in [1.54, 1.807) is 6.07 Å². The number of aryl methyl sites for hydroxylation is 1. The summed E-state index contributed by atoms with van der Waals surface area (Å²) in [7, 11) is 0. The molecule has 23 heavy (non-hydrogen) atoms. The summed E-state index contributed by atoms with van der Waals surface area (Å²) in [5, 5.41) is 0. The molecule has 0 heterocycles. The van der Waals surface area contributed by atoms with E-state index in [2.05, 4.69) is 13.0 Å². The molecule has 1 aromatic rings. The molecule has 2 aliphatic rings. The molecule has 0 aromatic heterocycles. The van der Waals surface area contributed by atoms with E-state index in [9.17, 15) is 4.39 Å². The van der Waals surface area contributed by atoms with Gasteiger partial charge in [0.2, 0.25) is 0 Å². The maximum atomic E-state index is 14.2. The lowest BCUT2D eigenvalue weighted by Gasteiger charge is -2.31. The topological polar surface area (TPSA) is 0 Å². The summed E-state index contributed by atoms with van der Waals surface area (Å²) < 4.78 is 14.2. The van der Waals surface area contributed by atoms with Gasteiger partial charge in [0, 0.05) is 0 Å². The van der Waals surface area contributed by atoms with Gasteiger partial charge < -0.3 is 0 Å². The minimum Gasteiger partial charge on any atom is -0.207 e. The first-order valence-electron chi connectivity index (χ1n) is 9.88. The maximum Gasteiger partial charge on any atom is 0.126 e. The molecule has 2 fully saturated rings. The zero-order chi connectivity index (χ0) is 16.2. The highest BCUT2D eigenvalue weighted by Gasteiger charge is 2.25. The Morgan fingerprint density at radius 3 is 2.00 bits per heavy atom. The Balaban J connectivity index is 1.43. The first kappa shape index (κ1) is 17.0. The van der Waals surface area contributed by atoms with Crippen molar-refractivity contribution in [3.63, 3.8) is 0 Å². The van der Waals surface area contributed by atoms with Gasteiger partial charge in [-0.1, -0.05) is 57.6 Å². The van der Waals surface area contributed by atoms with Crippen LogP contribution >= 0.6 is 0 Å². The maximum absolute atomic E-state index is 14.2. The number of hydrogen-bond donors (Lipinski definition) is 0. The third kappa shape index (κ3) is 4.58. The molecule has 0 bridgehead atoms. The smallest absolute Gasteiger partial charge is 0.126 e. The summed E-state index contributed by atoms with van der Waals surface area (Å²) in [4.78, 5) is 0. The second kappa shape index (κ2) is 7.81. The summed E-state index contributed by atoms with van der Waals surface area (Å²) >= 11 is 0. The van der Waals surface area contributed by atoms with Crippen molar-refractivity contribution >= 4 is 0 Å². The monoisotopic (exact) mass is 316 g/mol. The lowest BCUT2D eigenvalue weighted by atomic mass is 9.74. The highest BCUT2D eigenvalue weighted by molar-refractivity contribution is 5.26. The van der Waals surface area contributed by atoms with Crippen LogP contribution in [-0.4, -0.2) is 0 Å². The number of rotatable bonds is 4. The molecule has 0 spiro atoms. The van der Waals surface area contributed by atoms with E-state index in [0.29, 0.717) is 5.92 Å². The van der Waals surface area contributed by atoms with Crippen LogP contribution in [0.1, 0.15) is 88.2 Å². The van der Waals surface area contributed by atoms with Crippen LogP contribution in [0, 0.1) is 30.5 Å². The van der Waals surface area contributed by atoms with Gasteiger partial charge in [0.25, 0.3) is 0 Å².